The highest BCUT2D eigenvalue weighted by Gasteiger charge is 2.38. The fraction of sp³-hybridized carbons (Fsp3) is 0.400. The molecule has 2 aromatic carbocycles. The Morgan fingerprint density at radius 3 is 2.55 bits per heavy atom. The highest BCUT2D eigenvalue weighted by Crippen LogP contribution is 2.37. The normalized spacial score (nSPS) is 17.9. The van der Waals surface area contributed by atoms with Crippen molar-refractivity contribution in [3.63, 3.8) is 0 Å². The van der Waals surface area contributed by atoms with E-state index in [9.17, 15) is 18.0 Å². The molecule has 2 aliphatic heterocycles. The third-order valence-corrected chi connectivity index (χ3v) is 8.11. The van der Waals surface area contributed by atoms with Crippen LogP contribution in [0.2, 0.25) is 5.02 Å². The van der Waals surface area contributed by atoms with Crippen LogP contribution in [-0.2, 0) is 12.7 Å². The van der Waals surface area contributed by atoms with E-state index in [1.54, 1.807) is 0 Å². The van der Waals surface area contributed by atoms with Gasteiger partial charge >= 0.3 is 6.18 Å². The van der Waals surface area contributed by atoms with E-state index in [0.717, 1.165) is 60.2 Å². The van der Waals surface area contributed by atoms with Gasteiger partial charge in [-0.2, -0.15) is 13.2 Å². The first-order valence-electron chi connectivity index (χ1n) is 13.7. The molecule has 3 heterocycles. The summed E-state index contributed by atoms with van der Waals surface area (Å²) in [6.07, 6.45) is 0.174. The Morgan fingerprint density at radius 1 is 1.07 bits per heavy atom. The zero-order valence-electron chi connectivity index (χ0n) is 22.4. The lowest BCUT2D eigenvalue weighted by atomic mass is 9.98. The number of amides is 1. The van der Waals surface area contributed by atoms with Crippen LogP contribution >= 0.6 is 11.6 Å². The van der Waals surface area contributed by atoms with Gasteiger partial charge in [0, 0.05) is 67.8 Å². The van der Waals surface area contributed by atoms with E-state index in [2.05, 4.69) is 39.0 Å². The van der Waals surface area contributed by atoms with Crippen LogP contribution < -0.4 is 15.5 Å². The molecular formula is C30H33ClF3N5O. The number of anilines is 2. The molecule has 1 aromatic heterocycles. The Balaban J connectivity index is 1.40. The van der Waals surface area contributed by atoms with Gasteiger partial charge < -0.3 is 20.4 Å². The maximum absolute atomic E-state index is 13.7. The molecule has 212 valence electrons. The molecule has 2 N–H and O–H groups in total. The van der Waals surface area contributed by atoms with E-state index < -0.39 is 17.6 Å². The zero-order chi connectivity index (χ0) is 28.4. The van der Waals surface area contributed by atoms with Gasteiger partial charge in [-0.1, -0.05) is 24.6 Å². The van der Waals surface area contributed by atoms with Gasteiger partial charge in [-0.05, 0) is 72.9 Å². The van der Waals surface area contributed by atoms with Gasteiger partial charge in [0.2, 0.25) is 0 Å². The Labute approximate surface area is 237 Å². The number of nitrogens with two attached hydrogens (primary N) is 1. The van der Waals surface area contributed by atoms with Gasteiger partial charge in [0.1, 0.15) is 5.82 Å². The third-order valence-electron chi connectivity index (χ3n) is 7.87. The maximum atomic E-state index is 13.7. The minimum Gasteiger partial charge on any atom is -0.365 e. The number of aromatic nitrogens is 1. The summed E-state index contributed by atoms with van der Waals surface area (Å²) < 4.78 is 41.0. The fourth-order valence-corrected chi connectivity index (χ4v) is 5.99. The predicted molar refractivity (Wildman–Crippen MR) is 153 cm³/mol. The van der Waals surface area contributed by atoms with Crippen LogP contribution in [-0.4, -0.2) is 54.6 Å². The summed E-state index contributed by atoms with van der Waals surface area (Å²) in [6.45, 7) is 5.42. The number of benzene rings is 2. The first kappa shape index (κ1) is 28.2. The molecule has 0 aliphatic carbocycles. The molecule has 0 bridgehead atoms. The summed E-state index contributed by atoms with van der Waals surface area (Å²) >= 11 is 5.82. The molecule has 5 rings (SSSR count). The lowest BCUT2D eigenvalue weighted by Gasteiger charge is -2.43. The van der Waals surface area contributed by atoms with Crippen molar-refractivity contribution < 1.29 is 18.0 Å². The number of hydrogen-bond acceptors (Lipinski definition) is 5. The van der Waals surface area contributed by atoms with Crippen LogP contribution in [0.4, 0.5) is 24.7 Å². The average molecular weight is 572 g/mol. The van der Waals surface area contributed by atoms with Crippen LogP contribution in [0.3, 0.4) is 0 Å². The average Bonchev–Trinajstić information content (AvgIpc) is 3.51. The number of nitrogens with zero attached hydrogens (tertiary/aromatic N) is 4. The van der Waals surface area contributed by atoms with Crippen molar-refractivity contribution in [3.8, 4) is 11.1 Å². The van der Waals surface area contributed by atoms with Gasteiger partial charge in [0.25, 0.3) is 5.91 Å². The molecule has 0 unspecified atom stereocenters. The van der Waals surface area contributed by atoms with Crippen molar-refractivity contribution >= 4 is 29.0 Å². The lowest BCUT2D eigenvalue weighted by molar-refractivity contribution is -0.138. The molecule has 0 spiro atoms. The molecule has 1 atom stereocenters. The summed E-state index contributed by atoms with van der Waals surface area (Å²) in [5.74, 6) is 0.345. The van der Waals surface area contributed by atoms with Crippen molar-refractivity contribution in [1.29, 1.82) is 0 Å². The van der Waals surface area contributed by atoms with E-state index in [-0.39, 0.29) is 16.6 Å². The number of carbonyl (C=O) groups is 1. The summed E-state index contributed by atoms with van der Waals surface area (Å²) in [6, 6.07) is 13.5. The topological polar surface area (TPSA) is 65.7 Å². The first-order valence-corrected chi connectivity index (χ1v) is 14.0. The molecular weight excluding hydrogens is 539 g/mol. The van der Waals surface area contributed by atoms with Crippen LogP contribution in [0.5, 0.6) is 0 Å². The fourth-order valence-electron chi connectivity index (χ4n) is 5.81. The number of rotatable bonds is 6. The number of hydrogen-bond donors (Lipinski definition) is 1. The van der Waals surface area contributed by atoms with E-state index in [1.807, 2.05) is 19.2 Å². The molecule has 40 heavy (non-hydrogen) atoms. The zero-order valence-corrected chi connectivity index (χ0v) is 23.2. The van der Waals surface area contributed by atoms with Gasteiger partial charge in [-0.25, -0.2) is 4.98 Å². The maximum Gasteiger partial charge on any atom is 0.417 e. The Morgan fingerprint density at radius 2 is 1.85 bits per heavy atom. The molecule has 6 nitrogen and oxygen atoms in total. The van der Waals surface area contributed by atoms with Gasteiger partial charge in [0.05, 0.1) is 11.1 Å². The molecule has 2 aliphatic rings. The van der Waals surface area contributed by atoms with Crippen molar-refractivity contribution in [2.45, 2.75) is 44.9 Å². The summed E-state index contributed by atoms with van der Waals surface area (Å²) in [5.41, 5.74) is 8.92. The molecule has 3 aromatic rings. The molecule has 2 saturated heterocycles. The number of halogens is 4. The smallest absolute Gasteiger partial charge is 0.365 e. The summed E-state index contributed by atoms with van der Waals surface area (Å²) in [5, 5.41) is -0.0586. The van der Waals surface area contributed by atoms with Gasteiger partial charge in [-0.3, -0.25) is 4.79 Å². The second kappa shape index (κ2) is 11.7. The quantitative estimate of drug-likeness (QED) is 0.380. The number of carbonyl (C=O) groups excluding carboxylic acids is 1. The Kier molecular flexibility index (Phi) is 8.24. The predicted octanol–water partition coefficient (Wildman–Crippen LogP) is 6.22. The van der Waals surface area contributed by atoms with Crippen LogP contribution in [0.15, 0.2) is 54.7 Å². The molecule has 10 heteroatoms. The van der Waals surface area contributed by atoms with E-state index in [1.165, 1.54) is 17.0 Å². The van der Waals surface area contributed by atoms with Crippen molar-refractivity contribution in [1.82, 2.24) is 9.88 Å². The lowest BCUT2D eigenvalue weighted by Crippen LogP contribution is -2.55. The second-order valence-corrected chi connectivity index (χ2v) is 10.7. The molecule has 0 radical (unpaired) electrons. The van der Waals surface area contributed by atoms with Crippen molar-refractivity contribution in [2.24, 2.45) is 5.73 Å². The second-order valence-electron chi connectivity index (χ2n) is 10.3. The monoisotopic (exact) mass is 571 g/mol. The number of piperazine rings is 1. The molecule has 0 saturated carbocycles. The minimum atomic E-state index is -4.68. The minimum absolute atomic E-state index is 0.0586. The van der Waals surface area contributed by atoms with Crippen LogP contribution in [0.25, 0.3) is 11.1 Å². The van der Waals surface area contributed by atoms with E-state index in [4.69, 9.17) is 17.3 Å². The SMILES string of the molecule is CC[C@@H]1CN(C(=O)c2ccc(Cl)cc2C(F)(F)F)CCN1c1ccc(-c2cccnc2N2CCCC2)cc1CN. The first-order chi connectivity index (χ1) is 19.2. The number of pyridine rings is 1. The van der Waals surface area contributed by atoms with Gasteiger partial charge in [0.15, 0.2) is 0 Å². The summed E-state index contributed by atoms with van der Waals surface area (Å²) in [7, 11) is 0. The Bertz CT molecular complexity index is 1380. The third kappa shape index (κ3) is 5.63. The highest BCUT2D eigenvalue weighted by molar-refractivity contribution is 6.30. The van der Waals surface area contributed by atoms with Crippen LogP contribution in [0, 0.1) is 0 Å². The summed E-state index contributed by atoms with van der Waals surface area (Å²) in [4.78, 5) is 24.0. The van der Waals surface area contributed by atoms with Crippen molar-refractivity contribution in [3.05, 3.63) is 76.4 Å². The number of alkyl halides is 3. The Hall–Kier alpha value is -3.30. The van der Waals surface area contributed by atoms with Crippen molar-refractivity contribution in [2.75, 3.05) is 42.5 Å². The van der Waals surface area contributed by atoms with E-state index in [0.29, 0.717) is 32.6 Å². The highest BCUT2D eigenvalue weighted by atomic mass is 35.5. The standard InChI is InChI=1S/C30H33ClF3N5O/c1-2-23-19-38(29(40)25-9-8-22(31)17-26(25)30(32,33)34)14-15-39(23)27-10-7-20(16-21(27)18-35)24-6-5-11-36-28(24)37-12-3-4-13-37/h5-11,16-17,23H,2-4,12-15,18-19,35H2,1H3/t23-/m1/s1. The largest absolute Gasteiger partial charge is 0.417 e. The molecule has 1 amide bonds. The van der Waals surface area contributed by atoms with E-state index >= 15 is 0 Å². The molecule has 2 fully saturated rings. The van der Waals surface area contributed by atoms with Crippen LogP contribution in [0.1, 0.15) is 47.7 Å². The van der Waals surface area contributed by atoms with Gasteiger partial charge in [-0.15, -0.1) is 0 Å².